The summed E-state index contributed by atoms with van der Waals surface area (Å²) in [6, 6.07) is 16.1. The van der Waals surface area contributed by atoms with Crippen LogP contribution in [0.2, 0.25) is 0 Å². The van der Waals surface area contributed by atoms with Crippen LogP contribution in [0.15, 0.2) is 70.5 Å². The summed E-state index contributed by atoms with van der Waals surface area (Å²) in [4.78, 5) is 0.203. The van der Waals surface area contributed by atoms with Gasteiger partial charge in [-0.05, 0) is 85.5 Å². The molecule has 0 bridgehead atoms. The van der Waals surface area contributed by atoms with E-state index in [4.69, 9.17) is 9.47 Å². The zero-order valence-corrected chi connectivity index (χ0v) is 20.7. The van der Waals surface area contributed by atoms with E-state index in [1.165, 1.54) is 30.7 Å². The van der Waals surface area contributed by atoms with E-state index >= 15 is 0 Å². The minimum absolute atomic E-state index is 0.0384. The number of sulfonamides is 2. The molecule has 0 saturated carbocycles. The summed E-state index contributed by atoms with van der Waals surface area (Å²) in [5, 5.41) is 0. The minimum atomic E-state index is -3.92. The van der Waals surface area contributed by atoms with Crippen molar-refractivity contribution in [3.05, 3.63) is 71.8 Å². The molecule has 0 spiro atoms. The van der Waals surface area contributed by atoms with Gasteiger partial charge in [-0.25, -0.2) is 16.8 Å². The topological polar surface area (TPSA) is 102 Å². The highest BCUT2D eigenvalue weighted by Crippen LogP contribution is 2.35. The summed E-state index contributed by atoms with van der Waals surface area (Å²) in [5.41, 5.74) is 2.43. The van der Waals surface area contributed by atoms with Crippen LogP contribution in [0.4, 0.5) is 11.4 Å². The first kappa shape index (κ1) is 23.9. The second-order valence-electron chi connectivity index (χ2n) is 7.96. The van der Waals surface area contributed by atoms with Gasteiger partial charge in [0.15, 0.2) is 0 Å². The van der Waals surface area contributed by atoms with Crippen LogP contribution in [-0.2, 0) is 26.5 Å². The molecule has 1 aliphatic heterocycles. The van der Waals surface area contributed by atoms with E-state index in [1.54, 1.807) is 55.5 Å². The Labute approximate surface area is 200 Å². The molecule has 180 valence electrons. The highest BCUT2D eigenvalue weighted by molar-refractivity contribution is 7.93. The molecule has 3 aromatic rings. The molecule has 10 heteroatoms. The molecule has 34 heavy (non-hydrogen) atoms. The Bertz CT molecular complexity index is 1420. The van der Waals surface area contributed by atoms with Gasteiger partial charge in [-0.2, -0.15) is 0 Å². The van der Waals surface area contributed by atoms with E-state index in [1.807, 2.05) is 0 Å². The molecule has 0 atom stereocenters. The average molecular weight is 503 g/mol. The number of nitrogens with zero attached hydrogens (tertiary/aromatic N) is 1. The molecule has 0 unspecified atom stereocenters. The second kappa shape index (κ2) is 9.19. The van der Waals surface area contributed by atoms with Gasteiger partial charge in [0.2, 0.25) is 0 Å². The van der Waals surface area contributed by atoms with Crippen LogP contribution in [0, 0.1) is 6.92 Å². The van der Waals surface area contributed by atoms with E-state index in [2.05, 4.69) is 4.72 Å². The molecular formula is C24H26N2O6S2. The van der Waals surface area contributed by atoms with Gasteiger partial charge in [0.25, 0.3) is 20.0 Å². The van der Waals surface area contributed by atoms with E-state index in [0.717, 1.165) is 11.1 Å². The van der Waals surface area contributed by atoms with Crippen LogP contribution in [-0.4, -0.2) is 37.6 Å². The number of fused-ring (bicyclic) bond motifs is 1. The number of ether oxygens (including phenoxy) is 2. The van der Waals surface area contributed by atoms with Crippen LogP contribution in [0.3, 0.4) is 0 Å². The Morgan fingerprint density at radius 3 is 2.29 bits per heavy atom. The number of nitrogens with one attached hydrogen (secondary N) is 1. The van der Waals surface area contributed by atoms with Crippen molar-refractivity contribution in [1.29, 1.82) is 0 Å². The molecule has 1 N–H and O–H groups in total. The van der Waals surface area contributed by atoms with Crippen molar-refractivity contribution in [2.24, 2.45) is 0 Å². The summed E-state index contributed by atoms with van der Waals surface area (Å²) < 4.78 is 67.0. The molecule has 8 nitrogen and oxygen atoms in total. The molecule has 3 aromatic carbocycles. The van der Waals surface area contributed by atoms with Crippen molar-refractivity contribution in [2.45, 2.75) is 29.6 Å². The van der Waals surface area contributed by atoms with Gasteiger partial charge in [0.05, 0.1) is 24.8 Å². The standard InChI is InChI=1S/C24H26N2O6S2/c1-17-6-13-23(32-3)24(15-17)33(27,28)25-19-7-12-22-18(16-19)5-4-14-26(22)34(29,30)21-10-8-20(31-2)9-11-21/h6-13,15-16,25H,4-5,14H2,1-3H3. The lowest BCUT2D eigenvalue weighted by Gasteiger charge is -2.31. The highest BCUT2D eigenvalue weighted by atomic mass is 32.2. The number of hydrogen-bond donors (Lipinski definition) is 1. The zero-order valence-electron chi connectivity index (χ0n) is 19.1. The maximum Gasteiger partial charge on any atom is 0.265 e. The van der Waals surface area contributed by atoms with E-state index in [-0.39, 0.29) is 15.5 Å². The number of anilines is 2. The number of hydrogen-bond acceptors (Lipinski definition) is 6. The van der Waals surface area contributed by atoms with E-state index in [9.17, 15) is 16.8 Å². The molecule has 0 fully saturated rings. The van der Waals surface area contributed by atoms with Crippen LogP contribution >= 0.6 is 0 Å². The van der Waals surface area contributed by atoms with Crippen LogP contribution in [0.5, 0.6) is 11.5 Å². The molecule has 0 amide bonds. The lowest BCUT2D eigenvalue weighted by Crippen LogP contribution is -2.35. The molecule has 0 radical (unpaired) electrons. The molecule has 0 aliphatic carbocycles. The van der Waals surface area contributed by atoms with Crippen molar-refractivity contribution in [2.75, 3.05) is 29.8 Å². The molecule has 0 aromatic heterocycles. The van der Waals surface area contributed by atoms with Gasteiger partial charge in [-0.1, -0.05) is 6.07 Å². The average Bonchev–Trinajstić information content (AvgIpc) is 2.83. The van der Waals surface area contributed by atoms with Crippen molar-refractivity contribution in [3.63, 3.8) is 0 Å². The van der Waals surface area contributed by atoms with Crippen molar-refractivity contribution in [3.8, 4) is 11.5 Å². The van der Waals surface area contributed by atoms with Crippen LogP contribution in [0.25, 0.3) is 0 Å². The minimum Gasteiger partial charge on any atom is -0.497 e. The quantitative estimate of drug-likeness (QED) is 0.525. The maximum absolute atomic E-state index is 13.3. The fourth-order valence-corrected chi connectivity index (χ4v) is 6.80. The lowest BCUT2D eigenvalue weighted by molar-refractivity contribution is 0.402. The first-order chi connectivity index (χ1) is 16.2. The number of rotatable bonds is 7. The molecule has 1 heterocycles. The third-order valence-corrected chi connectivity index (χ3v) is 8.89. The second-order valence-corrected chi connectivity index (χ2v) is 11.5. The summed E-state index contributed by atoms with van der Waals surface area (Å²) in [5.74, 6) is 0.813. The number of methoxy groups -OCH3 is 2. The predicted octanol–water partition coefficient (Wildman–Crippen LogP) is 3.95. The molecule has 0 saturated heterocycles. The van der Waals surface area contributed by atoms with Crippen molar-refractivity contribution < 1.29 is 26.3 Å². The lowest BCUT2D eigenvalue weighted by atomic mass is 10.0. The third kappa shape index (κ3) is 4.55. The van der Waals surface area contributed by atoms with Crippen molar-refractivity contribution in [1.82, 2.24) is 0 Å². The summed E-state index contributed by atoms with van der Waals surface area (Å²) in [7, 11) is -4.76. The Balaban J connectivity index is 1.65. The summed E-state index contributed by atoms with van der Waals surface area (Å²) in [6.45, 7) is 2.14. The molecule has 1 aliphatic rings. The van der Waals surface area contributed by atoms with Crippen LogP contribution < -0.4 is 18.5 Å². The largest absolute Gasteiger partial charge is 0.497 e. The Hall–Kier alpha value is -3.24. The Morgan fingerprint density at radius 1 is 0.882 bits per heavy atom. The number of benzene rings is 3. The van der Waals surface area contributed by atoms with Gasteiger partial charge in [0.1, 0.15) is 16.4 Å². The third-order valence-electron chi connectivity index (χ3n) is 5.66. The molecular weight excluding hydrogens is 476 g/mol. The van der Waals surface area contributed by atoms with E-state index < -0.39 is 20.0 Å². The van der Waals surface area contributed by atoms with Crippen molar-refractivity contribution >= 4 is 31.4 Å². The monoisotopic (exact) mass is 502 g/mol. The molecule has 4 rings (SSSR count). The fourth-order valence-electron chi connectivity index (χ4n) is 3.95. The fraction of sp³-hybridized carbons (Fsp3) is 0.250. The van der Waals surface area contributed by atoms with E-state index in [0.29, 0.717) is 36.5 Å². The SMILES string of the molecule is COc1ccc(S(=O)(=O)N2CCCc3cc(NS(=O)(=O)c4cc(C)ccc4OC)ccc32)cc1. The van der Waals surface area contributed by atoms with Gasteiger partial charge in [-0.15, -0.1) is 0 Å². The highest BCUT2D eigenvalue weighted by Gasteiger charge is 2.30. The summed E-state index contributed by atoms with van der Waals surface area (Å²) >= 11 is 0. The maximum atomic E-state index is 13.3. The first-order valence-electron chi connectivity index (χ1n) is 10.6. The first-order valence-corrected chi connectivity index (χ1v) is 13.6. The van der Waals surface area contributed by atoms with Gasteiger partial charge in [-0.3, -0.25) is 9.03 Å². The normalized spacial score (nSPS) is 13.8. The predicted molar refractivity (Wildman–Crippen MR) is 131 cm³/mol. The smallest absolute Gasteiger partial charge is 0.265 e. The Morgan fingerprint density at radius 2 is 1.62 bits per heavy atom. The van der Waals surface area contributed by atoms with Gasteiger partial charge >= 0.3 is 0 Å². The van der Waals surface area contributed by atoms with Gasteiger partial charge in [0, 0.05) is 12.2 Å². The number of aryl methyl sites for hydroxylation is 2. The summed E-state index contributed by atoms with van der Waals surface area (Å²) in [6.07, 6.45) is 1.25. The zero-order chi connectivity index (χ0) is 24.5. The van der Waals surface area contributed by atoms with Gasteiger partial charge < -0.3 is 9.47 Å². The Kier molecular flexibility index (Phi) is 6.46. The van der Waals surface area contributed by atoms with Crippen LogP contribution in [0.1, 0.15) is 17.5 Å².